The summed E-state index contributed by atoms with van der Waals surface area (Å²) < 4.78 is 0. The number of carbonyl (C=O) groups is 1. The fourth-order valence-electron chi connectivity index (χ4n) is 2.75. The summed E-state index contributed by atoms with van der Waals surface area (Å²) in [6.07, 6.45) is 1.88. The molecule has 0 saturated carbocycles. The highest BCUT2D eigenvalue weighted by molar-refractivity contribution is 5.78. The molecule has 0 bridgehead atoms. The molecule has 4 nitrogen and oxygen atoms in total. The summed E-state index contributed by atoms with van der Waals surface area (Å²) in [6.45, 7) is 2.79. The Labute approximate surface area is 115 Å². The zero-order chi connectivity index (χ0) is 13.7. The lowest BCUT2D eigenvalue weighted by Crippen LogP contribution is -2.40. The largest absolute Gasteiger partial charge is 0.371 e. The van der Waals surface area contributed by atoms with Gasteiger partial charge in [0.1, 0.15) is 0 Å². The van der Waals surface area contributed by atoms with Gasteiger partial charge in [-0.25, -0.2) is 0 Å². The van der Waals surface area contributed by atoms with Gasteiger partial charge in [-0.15, -0.1) is 0 Å². The van der Waals surface area contributed by atoms with E-state index in [2.05, 4.69) is 39.8 Å². The molecule has 0 aromatic heterocycles. The Morgan fingerprint density at radius 2 is 1.95 bits per heavy atom. The second kappa shape index (κ2) is 6.57. The average molecular weight is 261 g/mol. The normalized spacial score (nSPS) is 16.4. The van der Waals surface area contributed by atoms with Crippen LogP contribution in [0.5, 0.6) is 0 Å². The van der Waals surface area contributed by atoms with Crippen LogP contribution in [-0.2, 0) is 11.3 Å². The zero-order valence-electron chi connectivity index (χ0n) is 11.8. The van der Waals surface area contributed by atoms with E-state index in [0.717, 1.165) is 32.5 Å². The summed E-state index contributed by atoms with van der Waals surface area (Å²) in [5, 5.41) is 5.96. The smallest absolute Gasteiger partial charge is 0.222 e. The van der Waals surface area contributed by atoms with Crippen molar-refractivity contribution in [2.24, 2.45) is 5.92 Å². The molecule has 1 amide bonds. The Hall–Kier alpha value is -1.55. The third-order valence-corrected chi connectivity index (χ3v) is 3.81. The summed E-state index contributed by atoms with van der Waals surface area (Å²) >= 11 is 0. The lowest BCUT2D eigenvalue weighted by atomic mass is 9.95. The Balaban J connectivity index is 2.03. The van der Waals surface area contributed by atoms with E-state index in [-0.39, 0.29) is 11.8 Å². The molecule has 104 valence electrons. The molecule has 1 aliphatic rings. The highest BCUT2D eigenvalue weighted by Crippen LogP contribution is 2.26. The number of hydrogen-bond donors (Lipinski definition) is 2. The fraction of sp³-hybridized carbons (Fsp3) is 0.533. The highest BCUT2D eigenvalue weighted by atomic mass is 16.1. The lowest BCUT2D eigenvalue weighted by molar-refractivity contribution is -0.125. The minimum absolute atomic E-state index is 0.178. The lowest BCUT2D eigenvalue weighted by Gasteiger charge is -2.34. The van der Waals surface area contributed by atoms with Gasteiger partial charge in [0.15, 0.2) is 0 Å². The molecule has 0 aliphatic carbocycles. The van der Waals surface area contributed by atoms with Gasteiger partial charge in [-0.2, -0.15) is 0 Å². The van der Waals surface area contributed by atoms with Crippen molar-refractivity contribution in [2.75, 3.05) is 32.1 Å². The van der Waals surface area contributed by atoms with Crippen LogP contribution in [0.25, 0.3) is 0 Å². The Bertz CT molecular complexity index is 425. The molecule has 1 aliphatic heterocycles. The van der Waals surface area contributed by atoms with Gasteiger partial charge in [-0.1, -0.05) is 18.2 Å². The SMILES string of the molecule is CNCc1ccccc1N1CCC(C(=O)NC)CC1. The zero-order valence-corrected chi connectivity index (χ0v) is 11.8. The van der Waals surface area contributed by atoms with Crippen LogP contribution in [0.3, 0.4) is 0 Å². The number of rotatable bonds is 4. The number of benzene rings is 1. The summed E-state index contributed by atoms with van der Waals surface area (Å²) in [6, 6.07) is 8.50. The first kappa shape index (κ1) is 13.9. The van der Waals surface area contributed by atoms with Crippen LogP contribution in [0.1, 0.15) is 18.4 Å². The van der Waals surface area contributed by atoms with Gasteiger partial charge in [0.05, 0.1) is 0 Å². The maximum atomic E-state index is 11.6. The number of carbonyl (C=O) groups excluding carboxylic acids is 1. The van der Waals surface area contributed by atoms with Crippen molar-refractivity contribution in [2.45, 2.75) is 19.4 Å². The Morgan fingerprint density at radius 1 is 1.26 bits per heavy atom. The minimum Gasteiger partial charge on any atom is -0.371 e. The van der Waals surface area contributed by atoms with Crippen LogP contribution in [0.15, 0.2) is 24.3 Å². The average Bonchev–Trinajstić information content (AvgIpc) is 2.47. The molecular formula is C15H23N3O. The van der Waals surface area contributed by atoms with E-state index in [0.29, 0.717) is 0 Å². The number of anilines is 1. The predicted molar refractivity (Wildman–Crippen MR) is 78.2 cm³/mol. The van der Waals surface area contributed by atoms with Crippen molar-refractivity contribution in [1.82, 2.24) is 10.6 Å². The molecule has 1 heterocycles. The number of amides is 1. The number of para-hydroxylation sites is 1. The van der Waals surface area contributed by atoms with Gasteiger partial charge in [0.2, 0.25) is 5.91 Å². The standard InChI is InChI=1S/C15H23N3O/c1-16-11-13-5-3-4-6-14(13)18-9-7-12(8-10-18)15(19)17-2/h3-6,12,16H,7-11H2,1-2H3,(H,17,19). The van der Waals surface area contributed by atoms with E-state index in [9.17, 15) is 4.79 Å². The predicted octanol–water partition coefficient (Wildman–Crippen LogP) is 1.37. The van der Waals surface area contributed by atoms with Crippen molar-refractivity contribution in [3.63, 3.8) is 0 Å². The number of nitrogens with one attached hydrogen (secondary N) is 2. The van der Waals surface area contributed by atoms with Gasteiger partial charge in [-0.05, 0) is 31.5 Å². The molecule has 4 heteroatoms. The molecule has 1 aromatic rings. The minimum atomic E-state index is 0.178. The van der Waals surface area contributed by atoms with Crippen LogP contribution in [0.2, 0.25) is 0 Å². The molecule has 1 saturated heterocycles. The summed E-state index contributed by atoms with van der Waals surface area (Å²) in [4.78, 5) is 14.0. The van der Waals surface area contributed by atoms with Crippen molar-refractivity contribution in [3.8, 4) is 0 Å². The van der Waals surface area contributed by atoms with Crippen LogP contribution in [0, 0.1) is 5.92 Å². The van der Waals surface area contributed by atoms with Gasteiger partial charge in [0.25, 0.3) is 0 Å². The molecule has 1 aromatic carbocycles. The molecule has 2 rings (SSSR count). The van der Waals surface area contributed by atoms with E-state index >= 15 is 0 Å². The summed E-state index contributed by atoms with van der Waals surface area (Å²) in [5.41, 5.74) is 2.62. The monoisotopic (exact) mass is 261 g/mol. The molecule has 19 heavy (non-hydrogen) atoms. The van der Waals surface area contributed by atoms with E-state index in [1.165, 1.54) is 11.3 Å². The topological polar surface area (TPSA) is 44.4 Å². The molecule has 0 unspecified atom stereocenters. The number of nitrogens with zero attached hydrogens (tertiary/aromatic N) is 1. The van der Waals surface area contributed by atoms with Gasteiger partial charge >= 0.3 is 0 Å². The summed E-state index contributed by atoms with van der Waals surface area (Å²) in [5.74, 6) is 0.362. The van der Waals surface area contributed by atoms with Crippen molar-refractivity contribution in [1.29, 1.82) is 0 Å². The van der Waals surface area contributed by atoms with E-state index in [1.54, 1.807) is 7.05 Å². The molecule has 0 atom stereocenters. The second-order valence-electron chi connectivity index (χ2n) is 5.03. The first-order chi connectivity index (χ1) is 9.26. The van der Waals surface area contributed by atoms with Gasteiger partial charge < -0.3 is 15.5 Å². The van der Waals surface area contributed by atoms with Crippen LogP contribution in [0.4, 0.5) is 5.69 Å². The first-order valence-electron chi connectivity index (χ1n) is 6.95. The number of hydrogen-bond acceptors (Lipinski definition) is 3. The number of piperidine rings is 1. The van der Waals surface area contributed by atoms with Crippen molar-refractivity contribution < 1.29 is 4.79 Å². The third kappa shape index (κ3) is 3.26. The van der Waals surface area contributed by atoms with Crippen LogP contribution in [-0.4, -0.2) is 33.1 Å². The quantitative estimate of drug-likeness (QED) is 0.860. The second-order valence-corrected chi connectivity index (χ2v) is 5.03. The molecule has 2 N–H and O–H groups in total. The molecular weight excluding hydrogens is 238 g/mol. The van der Waals surface area contributed by atoms with Gasteiger partial charge in [0, 0.05) is 38.3 Å². The van der Waals surface area contributed by atoms with Crippen molar-refractivity contribution in [3.05, 3.63) is 29.8 Å². The summed E-state index contributed by atoms with van der Waals surface area (Å²) in [7, 11) is 3.69. The van der Waals surface area contributed by atoms with E-state index in [4.69, 9.17) is 0 Å². The highest BCUT2D eigenvalue weighted by Gasteiger charge is 2.24. The maximum Gasteiger partial charge on any atom is 0.222 e. The van der Waals surface area contributed by atoms with E-state index in [1.807, 2.05) is 7.05 Å². The van der Waals surface area contributed by atoms with Crippen molar-refractivity contribution >= 4 is 11.6 Å². The van der Waals surface area contributed by atoms with Crippen LogP contribution >= 0.6 is 0 Å². The Kier molecular flexibility index (Phi) is 4.80. The molecule has 0 radical (unpaired) electrons. The molecule has 1 fully saturated rings. The maximum absolute atomic E-state index is 11.6. The van der Waals surface area contributed by atoms with Gasteiger partial charge in [-0.3, -0.25) is 4.79 Å². The van der Waals surface area contributed by atoms with Crippen LogP contribution < -0.4 is 15.5 Å². The Morgan fingerprint density at radius 3 is 2.58 bits per heavy atom. The molecule has 0 spiro atoms. The third-order valence-electron chi connectivity index (χ3n) is 3.81. The first-order valence-corrected chi connectivity index (χ1v) is 6.95. The fourth-order valence-corrected chi connectivity index (χ4v) is 2.75. The van der Waals surface area contributed by atoms with E-state index < -0.39 is 0 Å².